The Morgan fingerprint density at radius 3 is 3.14 bits per heavy atom. The second-order valence-electron chi connectivity index (χ2n) is 3.17. The van der Waals surface area contributed by atoms with Crippen LogP contribution in [0.3, 0.4) is 0 Å². The highest BCUT2D eigenvalue weighted by atomic mass is 32.1. The summed E-state index contributed by atoms with van der Waals surface area (Å²) in [5, 5.41) is 12.0. The predicted octanol–water partition coefficient (Wildman–Crippen LogP) is 2.33. The highest BCUT2D eigenvalue weighted by molar-refractivity contribution is 7.13. The van der Waals surface area contributed by atoms with Crippen molar-refractivity contribution in [3.8, 4) is 10.8 Å². The summed E-state index contributed by atoms with van der Waals surface area (Å²) in [6, 6.07) is 3.72. The summed E-state index contributed by atoms with van der Waals surface area (Å²) >= 11 is 1.53. The number of rotatable bonds is 3. The third-order valence-corrected chi connectivity index (χ3v) is 2.69. The van der Waals surface area contributed by atoms with Crippen LogP contribution < -0.4 is 0 Å². The number of furan rings is 1. The van der Waals surface area contributed by atoms with Crippen molar-refractivity contribution >= 4 is 11.3 Å². The smallest absolute Gasteiger partial charge is 0.162 e. The van der Waals surface area contributed by atoms with Crippen LogP contribution >= 0.6 is 11.3 Å². The molecule has 1 atom stereocenters. The van der Waals surface area contributed by atoms with Gasteiger partial charge in [-0.25, -0.2) is 4.98 Å². The third-order valence-electron chi connectivity index (χ3n) is 1.79. The van der Waals surface area contributed by atoms with Gasteiger partial charge < -0.3 is 9.52 Å². The molecular weight excluding hydrogens is 198 g/mol. The zero-order valence-corrected chi connectivity index (χ0v) is 8.62. The van der Waals surface area contributed by atoms with Gasteiger partial charge in [0.15, 0.2) is 10.8 Å². The summed E-state index contributed by atoms with van der Waals surface area (Å²) in [5.41, 5.74) is 0.913. The molecule has 0 radical (unpaired) electrons. The zero-order chi connectivity index (χ0) is 9.97. The van der Waals surface area contributed by atoms with Gasteiger partial charge in [0.1, 0.15) is 0 Å². The van der Waals surface area contributed by atoms with Crippen molar-refractivity contribution in [3.63, 3.8) is 0 Å². The maximum absolute atomic E-state index is 9.19. The second kappa shape index (κ2) is 3.94. The summed E-state index contributed by atoms with van der Waals surface area (Å²) in [5.74, 6) is 0.784. The van der Waals surface area contributed by atoms with E-state index in [9.17, 15) is 5.11 Å². The molecule has 74 valence electrons. The lowest BCUT2D eigenvalue weighted by Gasteiger charge is -1.98. The fraction of sp³-hybridized carbons (Fsp3) is 0.300. The highest BCUT2D eigenvalue weighted by Gasteiger charge is 2.08. The number of hydrogen-bond donors (Lipinski definition) is 1. The van der Waals surface area contributed by atoms with E-state index in [0.717, 1.165) is 16.5 Å². The average Bonchev–Trinajstić information content (AvgIpc) is 2.69. The van der Waals surface area contributed by atoms with Gasteiger partial charge in [-0.2, -0.15) is 0 Å². The molecule has 3 nitrogen and oxygen atoms in total. The van der Waals surface area contributed by atoms with Gasteiger partial charge in [-0.05, 0) is 19.1 Å². The Hall–Kier alpha value is -1.13. The topological polar surface area (TPSA) is 46.3 Å². The zero-order valence-electron chi connectivity index (χ0n) is 7.80. The van der Waals surface area contributed by atoms with Crippen LogP contribution in [0.15, 0.2) is 28.2 Å². The molecule has 4 heteroatoms. The van der Waals surface area contributed by atoms with E-state index >= 15 is 0 Å². The van der Waals surface area contributed by atoms with Crippen molar-refractivity contribution in [2.75, 3.05) is 0 Å². The number of aliphatic hydroxyl groups is 1. The van der Waals surface area contributed by atoms with Crippen molar-refractivity contribution in [2.45, 2.75) is 19.4 Å². The predicted molar refractivity (Wildman–Crippen MR) is 55.2 cm³/mol. The molecule has 0 amide bonds. The van der Waals surface area contributed by atoms with Crippen molar-refractivity contribution in [3.05, 3.63) is 29.5 Å². The van der Waals surface area contributed by atoms with Gasteiger partial charge in [-0.1, -0.05) is 0 Å². The van der Waals surface area contributed by atoms with E-state index in [1.807, 2.05) is 17.5 Å². The van der Waals surface area contributed by atoms with Crippen LogP contribution in [0, 0.1) is 0 Å². The first-order valence-corrected chi connectivity index (χ1v) is 5.30. The Morgan fingerprint density at radius 1 is 1.64 bits per heavy atom. The molecule has 0 aliphatic rings. The first-order chi connectivity index (χ1) is 6.75. The summed E-state index contributed by atoms with van der Waals surface area (Å²) in [4.78, 5) is 4.36. The Labute approximate surface area is 86.0 Å². The van der Waals surface area contributed by atoms with Crippen molar-refractivity contribution in [1.82, 2.24) is 4.98 Å². The second-order valence-corrected chi connectivity index (χ2v) is 4.03. The van der Waals surface area contributed by atoms with Gasteiger partial charge in [0, 0.05) is 11.8 Å². The molecule has 0 saturated heterocycles. The molecule has 0 aliphatic carbocycles. The third kappa shape index (κ3) is 2.02. The molecule has 2 aromatic rings. The fourth-order valence-electron chi connectivity index (χ4n) is 1.22. The molecule has 14 heavy (non-hydrogen) atoms. The van der Waals surface area contributed by atoms with E-state index in [1.165, 1.54) is 11.3 Å². The van der Waals surface area contributed by atoms with Crippen molar-refractivity contribution < 1.29 is 9.52 Å². The molecule has 2 aromatic heterocycles. The van der Waals surface area contributed by atoms with Crippen LogP contribution in [0.2, 0.25) is 0 Å². The fourth-order valence-corrected chi connectivity index (χ4v) is 2.02. The summed E-state index contributed by atoms with van der Waals surface area (Å²) < 4.78 is 5.22. The summed E-state index contributed by atoms with van der Waals surface area (Å²) in [6.45, 7) is 1.76. The number of nitrogens with zero attached hydrogens (tertiary/aromatic N) is 1. The Morgan fingerprint density at radius 2 is 2.50 bits per heavy atom. The molecule has 1 unspecified atom stereocenters. The first-order valence-electron chi connectivity index (χ1n) is 4.42. The molecular formula is C10H11NO2S. The molecule has 2 rings (SSSR count). The van der Waals surface area contributed by atoms with Gasteiger partial charge in [-0.3, -0.25) is 0 Å². The van der Waals surface area contributed by atoms with E-state index in [4.69, 9.17) is 4.42 Å². The van der Waals surface area contributed by atoms with Crippen LogP contribution in [-0.2, 0) is 6.42 Å². The maximum Gasteiger partial charge on any atom is 0.162 e. The average molecular weight is 209 g/mol. The molecule has 1 N–H and O–H groups in total. The lowest BCUT2D eigenvalue weighted by molar-refractivity contribution is 0.194. The molecule has 0 aliphatic heterocycles. The van der Waals surface area contributed by atoms with Gasteiger partial charge >= 0.3 is 0 Å². The molecule has 0 saturated carbocycles. The Balaban J connectivity index is 2.18. The van der Waals surface area contributed by atoms with Crippen LogP contribution in [0.25, 0.3) is 10.8 Å². The van der Waals surface area contributed by atoms with Gasteiger partial charge in [-0.15, -0.1) is 11.3 Å². The molecule has 0 bridgehead atoms. The minimum atomic E-state index is -0.346. The van der Waals surface area contributed by atoms with Crippen LogP contribution in [0.4, 0.5) is 0 Å². The Kier molecular flexibility index (Phi) is 2.65. The van der Waals surface area contributed by atoms with Crippen molar-refractivity contribution in [2.24, 2.45) is 0 Å². The van der Waals surface area contributed by atoms with Crippen LogP contribution in [-0.4, -0.2) is 16.2 Å². The minimum Gasteiger partial charge on any atom is -0.462 e. The summed E-state index contributed by atoms with van der Waals surface area (Å²) in [7, 11) is 0. The van der Waals surface area contributed by atoms with E-state index in [0.29, 0.717) is 6.42 Å². The monoisotopic (exact) mass is 209 g/mol. The van der Waals surface area contributed by atoms with Crippen molar-refractivity contribution in [1.29, 1.82) is 0 Å². The highest BCUT2D eigenvalue weighted by Crippen LogP contribution is 2.24. The molecule has 0 aromatic carbocycles. The lowest BCUT2D eigenvalue weighted by Crippen LogP contribution is -2.04. The number of hydrogen-bond acceptors (Lipinski definition) is 4. The largest absolute Gasteiger partial charge is 0.462 e. The Bertz CT molecular complexity index is 392. The molecule has 0 spiro atoms. The quantitative estimate of drug-likeness (QED) is 0.843. The van der Waals surface area contributed by atoms with E-state index in [1.54, 1.807) is 13.2 Å². The first kappa shape index (κ1) is 9.43. The molecule has 2 heterocycles. The maximum atomic E-state index is 9.19. The standard InChI is InChI=1S/C10H11NO2S/c1-7(12)5-8-6-14-10(11-8)9-3-2-4-13-9/h2-4,6-7,12H,5H2,1H3. The minimum absolute atomic E-state index is 0.346. The molecule has 0 fully saturated rings. The van der Waals surface area contributed by atoms with Gasteiger partial charge in [0.25, 0.3) is 0 Å². The lowest BCUT2D eigenvalue weighted by atomic mass is 10.2. The number of aliphatic hydroxyl groups excluding tert-OH is 1. The SMILES string of the molecule is CC(O)Cc1csc(-c2ccco2)n1. The van der Waals surface area contributed by atoms with E-state index in [-0.39, 0.29) is 6.10 Å². The van der Waals surface area contributed by atoms with Crippen LogP contribution in [0.1, 0.15) is 12.6 Å². The van der Waals surface area contributed by atoms with E-state index in [2.05, 4.69) is 4.98 Å². The normalized spacial score (nSPS) is 13.0. The van der Waals surface area contributed by atoms with E-state index < -0.39 is 0 Å². The summed E-state index contributed by atoms with van der Waals surface area (Å²) in [6.07, 6.45) is 1.88. The number of aromatic nitrogens is 1. The van der Waals surface area contributed by atoms with Gasteiger partial charge in [0.05, 0.1) is 18.1 Å². The van der Waals surface area contributed by atoms with Crippen LogP contribution in [0.5, 0.6) is 0 Å². The van der Waals surface area contributed by atoms with Gasteiger partial charge in [0.2, 0.25) is 0 Å². The number of thiazole rings is 1.